The molecule has 0 bridgehead atoms. The van der Waals surface area contributed by atoms with Gasteiger partial charge in [-0.3, -0.25) is 19.6 Å². The summed E-state index contributed by atoms with van der Waals surface area (Å²) in [5.41, 5.74) is 4.37. The van der Waals surface area contributed by atoms with Crippen molar-refractivity contribution in [1.82, 2.24) is 20.1 Å². The molecule has 0 radical (unpaired) electrons. The fraction of sp³-hybridized carbons (Fsp3) is 0.280. The van der Waals surface area contributed by atoms with Crippen LogP contribution in [-0.2, 0) is 4.79 Å². The highest BCUT2D eigenvalue weighted by Crippen LogP contribution is 2.31. The van der Waals surface area contributed by atoms with Gasteiger partial charge in [0, 0.05) is 25.7 Å². The molecule has 1 aliphatic rings. The van der Waals surface area contributed by atoms with E-state index in [0.717, 1.165) is 42.9 Å². The van der Waals surface area contributed by atoms with E-state index in [4.69, 9.17) is 9.84 Å². The number of carbonyl (C=O) groups excluding carboxylic acids is 1. The van der Waals surface area contributed by atoms with Gasteiger partial charge in [-0.25, -0.2) is 4.98 Å². The monoisotopic (exact) mass is 461 g/mol. The van der Waals surface area contributed by atoms with Gasteiger partial charge in [-0.15, -0.1) is 0 Å². The van der Waals surface area contributed by atoms with E-state index >= 15 is 0 Å². The van der Waals surface area contributed by atoms with E-state index in [1.807, 2.05) is 24.3 Å². The number of methoxy groups -OCH3 is 1. The second-order valence-electron chi connectivity index (χ2n) is 8.04. The highest BCUT2D eigenvalue weighted by molar-refractivity contribution is 6.04. The average molecular weight is 462 g/mol. The molecule has 3 heterocycles. The van der Waals surface area contributed by atoms with Gasteiger partial charge in [-0.2, -0.15) is 5.10 Å². The number of hydrogen-bond acceptors (Lipinski definition) is 6. The van der Waals surface area contributed by atoms with Crippen LogP contribution < -0.4 is 10.1 Å². The summed E-state index contributed by atoms with van der Waals surface area (Å²) in [7, 11) is 1.57. The Balaban J connectivity index is 1.45. The number of aromatic amines is 1. The zero-order valence-electron chi connectivity index (χ0n) is 19.0. The molecule has 34 heavy (non-hydrogen) atoms. The third-order valence-corrected chi connectivity index (χ3v) is 5.67. The number of hydrogen-bond donors (Lipinski definition) is 3. The van der Waals surface area contributed by atoms with E-state index in [0.29, 0.717) is 23.6 Å². The number of carboxylic acid groups (broad SMARTS) is 1. The van der Waals surface area contributed by atoms with Gasteiger partial charge in [-0.1, -0.05) is 18.2 Å². The molecule has 4 rings (SSSR count). The normalized spacial score (nSPS) is 13.9. The van der Waals surface area contributed by atoms with Crippen molar-refractivity contribution in [2.45, 2.75) is 19.3 Å². The maximum Gasteiger partial charge on any atom is 0.303 e. The topological polar surface area (TPSA) is 120 Å². The van der Waals surface area contributed by atoms with Gasteiger partial charge in [-0.05, 0) is 60.9 Å². The lowest BCUT2D eigenvalue weighted by molar-refractivity contribution is -0.137. The predicted octanol–water partition coefficient (Wildman–Crippen LogP) is 3.69. The number of carbonyl (C=O) groups is 2. The van der Waals surface area contributed by atoms with Gasteiger partial charge in [0.15, 0.2) is 0 Å². The maximum atomic E-state index is 12.9. The molecule has 0 unspecified atom stereocenters. The molecule has 2 aromatic heterocycles. The highest BCUT2D eigenvalue weighted by Gasteiger charge is 2.17. The lowest BCUT2D eigenvalue weighted by Gasteiger charge is -2.27. The van der Waals surface area contributed by atoms with Crippen LogP contribution in [0.25, 0.3) is 17.0 Å². The van der Waals surface area contributed by atoms with Crippen molar-refractivity contribution < 1.29 is 19.4 Å². The Bertz CT molecular complexity index is 1190. The minimum Gasteiger partial charge on any atom is -0.495 e. The maximum absolute atomic E-state index is 12.9. The molecule has 9 nitrogen and oxygen atoms in total. The third kappa shape index (κ3) is 5.68. The number of benzene rings is 1. The van der Waals surface area contributed by atoms with Crippen molar-refractivity contribution in [3.05, 3.63) is 66.0 Å². The van der Waals surface area contributed by atoms with E-state index in [1.54, 1.807) is 31.5 Å². The quantitative estimate of drug-likeness (QED) is 0.444. The van der Waals surface area contributed by atoms with E-state index < -0.39 is 5.97 Å². The largest absolute Gasteiger partial charge is 0.495 e. The standard InChI is InChI=1S/C25H27N5O4/c1-34-23-15-17(18-5-3-13-30(16-18)14-4-8-24(31)32)9-10-21(23)28-25(33)22-7-2-6-19(27-22)20-11-12-26-29-20/h2,5-7,9-12,15H,3-4,8,13-14,16H2,1H3,(H,26,29)(H,28,33)(H,31,32). The Labute approximate surface area is 197 Å². The van der Waals surface area contributed by atoms with Gasteiger partial charge in [0.25, 0.3) is 5.91 Å². The molecule has 0 saturated heterocycles. The van der Waals surface area contributed by atoms with Gasteiger partial charge >= 0.3 is 5.97 Å². The molecule has 0 saturated carbocycles. The minimum absolute atomic E-state index is 0.178. The summed E-state index contributed by atoms with van der Waals surface area (Å²) in [6.45, 7) is 2.41. The Kier molecular flexibility index (Phi) is 7.34. The molecule has 3 aromatic rings. The van der Waals surface area contributed by atoms with Crippen LogP contribution in [0.3, 0.4) is 0 Å². The lowest BCUT2D eigenvalue weighted by atomic mass is 10.00. The second kappa shape index (κ2) is 10.8. The van der Waals surface area contributed by atoms with Crippen LogP contribution in [0.2, 0.25) is 0 Å². The van der Waals surface area contributed by atoms with Crippen molar-refractivity contribution >= 4 is 23.1 Å². The van der Waals surface area contributed by atoms with Gasteiger partial charge in [0.05, 0.1) is 24.2 Å². The predicted molar refractivity (Wildman–Crippen MR) is 129 cm³/mol. The summed E-state index contributed by atoms with van der Waals surface area (Å²) < 4.78 is 5.56. The molecular weight excluding hydrogens is 434 g/mol. The van der Waals surface area contributed by atoms with Crippen LogP contribution in [0.15, 0.2) is 54.7 Å². The fourth-order valence-corrected chi connectivity index (χ4v) is 3.95. The van der Waals surface area contributed by atoms with Crippen LogP contribution in [0.5, 0.6) is 5.75 Å². The Morgan fingerprint density at radius 2 is 2.12 bits per heavy atom. The first kappa shape index (κ1) is 23.2. The lowest BCUT2D eigenvalue weighted by Crippen LogP contribution is -2.30. The molecule has 9 heteroatoms. The molecule has 0 atom stereocenters. The average Bonchev–Trinajstić information content (AvgIpc) is 3.39. The summed E-state index contributed by atoms with van der Waals surface area (Å²) in [6.07, 6.45) is 5.55. The molecule has 0 aliphatic carbocycles. The van der Waals surface area contributed by atoms with Crippen molar-refractivity contribution in [2.75, 3.05) is 32.1 Å². The molecule has 1 amide bonds. The van der Waals surface area contributed by atoms with Crippen LogP contribution in [0.4, 0.5) is 5.69 Å². The number of aliphatic carboxylic acids is 1. The number of aromatic nitrogens is 3. The number of amides is 1. The Morgan fingerprint density at radius 1 is 1.24 bits per heavy atom. The zero-order valence-corrected chi connectivity index (χ0v) is 19.0. The van der Waals surface area contributed by atoms with Crippen LogP contribution in [-0.4, -0.2) is 63.8 Å². The fourth-order valence-electron chi connectivity index (χ4n) is 3.95. The number of rotatable bonds is 9. The van der Waals surface area contributed by atoms with Crippen molar-refractivity contribution in [1.29, 1.82) is 0 Å². The number of H-pyrrole nitrogens is 1. The smallest absolute Gasteiger partial charge is 0.303 e. The molecular formula is C25H27N5O4. The van der Waals surface area contributed by atoms with E-state index in [-0.39, 0.29) is 18.0 Å². The highest BCUT2D eigenvalue weighted by atomic mass is 16.5. The van der Waals surface area contributed by atoms with Crippen LogP contribution in [0.1, 0.15) is 35.3 Å². The van der Waals surface area contributed by atoms with E-state index in [1.165, 1.54) is 0 Å². The van der Waals surface area contributed by atoms with Gasteiger partial charge in [0.1, 0.15) is 11.4 Å². The second-order valence-corrected chi connectivity index (χ2v) is 8.04. The van der Waals surface area contributed by atoms with Crippen molar-refractivity contribution in [3.63, 3.8) is 0 Å². The number of ether oxygens (including phenoxy) is 1. The molecule has 176 valence electrons. The number of carboxylic acids is 1. The molecule has 1 aromatic carbocycles. The zero-order chi connectivity index (χ0) is 23.9. The number of nitrogens with one attached hydrogen (secondary N) is 2. The number of nitrogens with zero attached hydrogens (tertiary/aromatic N) is 3. The molecule has 0 spiro atoms. The minimum atomic E-state index is -0.765. The summed E-state index contributed by atoms with van der Waals surface area (Å²) in [6, 6.07) is 12.7. The Hall–Kier alpha value is -3.98. The van der Waals surface area contributed by atoms with Crippen molar-refractivity contribution in [2.24, 2.45) is 0 Å². The van der Waals surface area contributed by atoms with Crippen molar-refractivity contribution in [3.8, 4) is 17.1 Å². The molecule has 1 aliphatic heterocycles. The van der Waals surface area contributed by atoms with Crippen LogP contribution in [0, 0.1) is 0 Å². The summed E-state index contributed by atoms with van der Waals surface area (Å²) in [5, 5.41) is 18.5. The molecule has 0 fully saturated rings. The van der Waals surface area contributed by atoms with Crippen LogP contribution >= 0.6 is 0 Å². The molecule has 3 N–H and O–H groups in total. The SMILES string of the molecule is COc1cc(C2=CCCN(CCCC(=O)O)C2)ccc1NC(=O)c1cccc(-c2ccn[nH]2)n1. The van der Waals surface area contributed by atoms with E-state index in [2.05, 4.69) is 31.5 Å². The Morgan fingerprint density at radius 3 is 2.88 bits per heavy atom. The third-order valence-electron chi connectivity index (χ3n) is 5.67. The van der Waals surface area contributed by atoms with E-state index in [9.17, 15) is 9.59 Å². The number of anilines is 1. The first-order valence-corrected chi connectivity index (χ1v) is 11.1. The summed E-state index contributed by atoms with van der Waals surface area (Å²) in [5.74, 6) is -0.549. The first-order valence-electron chi connectivity index (χ1n) is 11.1. The number of pyridine rings is 1. The van der Waals surface area contributed by atoms with Gasteiger partial charge in [0.2, 0.25) is 0 Å². The summed E-state index contributed by atoms with van der Waals surface area (Å²) >= 11 is 0. The first-order chi connectivity index (χ1) is 16.5. The van der Waals surface area contributed by atoms with Gasteiger partial charge < -0.3 is 15.2 Å². The summed E-state index contributed by atoms with van der Waals surface area (Å²) in [4.78, 5) is 30.3.